The number of carboxylic acid groups (broad SMARTS) is 1. The van der Waals surface area contributed by atoms with Crippen LogP contribution in [0.5, 0.6) is 0 Å². The van der Waals surface area contributed by atoms with Crippen molar-refractivity contribution in [2.45, 2.75) is 31.2 Å². The number of halogens is 1. The summed E-state index contributed by atoms with van der Waals surface area (Å²) in [5.41, 5.74) is 1.23. The lowest BCUT2D eigenvalue weighted by molar-refractivity contribution is -0.144. The molecule has 1 aliphatic heterocycles. The van der Waals surface area contributed by atoms with E-state index in [9.17, 15) is 9.90 Å². The summed E-state index contributed by atoms with van der Waals surface area (Å²) in [5.74, 6) is -0.848. The molecule has 1 saturated carbocycles. The molecule has 4 nitrogen and oxygen atoms in total. The molecule has 5 heteroatoms. The first-order chi connectivity index (χ1) is 10.6. The van der Waals surface area contributed by atoms with Gasteiger partial charge >= 0.3 is 5.97 Å². The van der Waals surface area contributed by atoms with Gasteiger partial charge in [0.25, 0.3) is 0 Å². The second-order valence-corrected chi connectivity index (χ2v) is 7.08. The molecule has 3 rings (SSSR count). The van der Waals surface area contributed by atoms with E-state index in [-0.39, 0.29) is 11.5 Å². The molecule has 1 aromatic rings. The molecule has 22 heavy (non-hydrogen) atoms. The van der Waals surface area contributed by atoms with Crippen molar-refractivity contribution >= 4 is 21.9 Å². The topological polar surface area (TPSA) is 49.8 Å². The Morgan fingerprint density at radius 1 is 1.23 bits per heavy atom. The van der Waals surface area contributed by atoms with Gasteiger partial charge in [0.05, 0.1) is 19.1 Å². The van der Waals surface area contributed by atoms with Crippen LogP contribution in [0, 0.1) is 5.92 Å². The first-order valence-electron chi connectivity index (χ1n) is 7.94. The van der Waals surface area contributed by atoms with E-state index in [2.05, 4.69) is 39.0 Å². The quantitative estimate of drug-likeness (QED) is 0.890. The van der Waals surface area contributed by atoms with Gasteiger partial charge in [0.2, 0.25) is 0 Å². The van der Waals surface area contributed by atoms with E-state index >= 15 is 0 Å². The standard InChI is InChI=1S/C17H22BrNO3/c18-15-4-2-1-3-14(15)17(19-9-11-22-12-10-19)7-5-13(6-8-17)16(20)21/h1-4,13H,5-12H2,(H,20,21). The zero-order valence-corrected chi connectivity index (χ0v) is 14.2. The van der Waals surface area contributed by atoms with Crippen LogP contribution in [0.25, 0.3) is 0 Å². The van der Waals surface area contributed by atoms with Gasteiger partial charge in [-0.15, -0.1) is 0 Å². The molecular weight excluding hydrogens is 346 g/mol. The predicted molar refractivity (Wildman–Crippen MR) is 87.8 cm³/mol. The van der Waals surface area contributed by atoms with Crippen LogP contribution in [-0.4, -0.2) is 42.3 Å². The molecule has 1 N–H and O–H groups in total. The molecule has 1 saturated heterocycles. The van der Waals surface area contributed by atoms with E-state index in [0.717, 1.165) is 56.5 Å². The van der Waals surface area contributed by atoms with Crippen LogP contribution >= 0.6 is 15.9 Å². The summed E-state index contributed by atoms with van der Waals surface area (Å²) in [7, 11) is 0. The van der Waals surface area contributed by atoms with E-state index in [1.165, 1.54) is 5.56 Å². The molecule has 1 aliphatic carbocycles. The number of ether oxygens (including phenoxy) is 1. The van der Waals surface area contributed by atoms with Gasteiger partial charge in [0.1, 0.15) is 0 Å². The van der Waals surface area contributed by atoms with Crippen LogP contribution in [0.1, 0.15) is 31.2 Å². The zero-order valence-electron chi connectivity index (χ0n) is 12.6. The lowest BCUT2D eigenvalue weighted by Gasteiger charge is -2.49. The smallest absolute Gasteiger partial charge is 0.306 e. The summed E-state index contributed by atoms with van der Waals surface area (Å²) >= 11 is 3.70. The number of carbonyl (C=O) groups is 1. The van der Waals surface area contributed by atoms with Crippen molar-refractivity contribution in [2.24, 2.45) is 5.92 Å². The first kappa shape index (κ1) is 16.0. The number of nitrogens with zero attached hydrogens (tertiary/aromatic N) is 1. The predicted octanol–water partition coefficient (Wildman–Crippen LogP) is 3.25. The zero-order chi connectivity index (χ0) is 15.6. The van der Waals surface area contributed by atoms with Crippen LogP contribution in [0.2, 0.25) is 0 Å². The van der Waals surface area contributed by atoms with Crippen molar-refractivity contribution in [1.82, 2.24) is 4.90 Å². The Morgan fingerprint density at radius 2 is 1.86 bits per heavy atom. The van der Waals surface area contributed by atoms with Crippen molar-refractivity contribution in [2.75, 3.05) is 26.3 Å². The molecule has 0 aromatic heterocycles. The highest BCUT2D eigenvalue weighted by molar-refractivity contribution is 9.10. The van der Waals surface area contributed by atoms with E-state index < -0.39 is 5.97 Å². The molecule has 1 heterocycles. The SMILES string of the molecule is O=C(O)C1CCC(c2ccccc2Br)(N2CCOCC2)CC1. The normalized spacial score (nSPS) is 30.1. The Hall–Kier alpha value is -0.910. The Balaban J connectivity index is 1.93. The summed E-state index contributed by atoms with van der Waals surface area (Å²) in [6.45, 7) is 3.35. The molecular formula is C17H22BrNO3. The molecule has 1 aromatic carbocycles. The fourth-order valence-corrected chi connectivity index (χ4v) is 4.58. The molecule has 120 valence electrons. The van der Waals surface area contributed by atoms with Gasteiger partial charge in [-0.2, -0.15) is 0 Å². The lowest BCUT2D eigenvalue weighted by Crippen LogP contribution is -2.53. The van der Waals surface area contributed by atoms with Gasteiger partial charge in [-0.3, -0.25) is 9.69 Å². The van der Waals surface area contributed by atoms with Crippen molar-refractivity contribution in [1.29, 1.82) is 0 Å². The Kier molecular flexibility index (Phi) is 4.85. The van der Waals surface area contributed by atoms with Gasteiger partial charge in [-0.25, -0.2) is 0 Å². The second-order valence-electron chi connectivity index (χ2n) is 6.22. The lowest BCUT2D eigenvalue weighted by atomic mass is 9.71. The monoisotopic (exact) mass is 367 g/mol. The van der Waals surface area contributed by atoms with E-state index in [0.29, 0.717) is 0 Å². The molecule has 0 spiro atoms. The van der Waals surface area contributed by atoms with Crippen LogP contribution in [-0.2, 0) is 15.1 Å². The van der Waals surface area contributed by atoms with Gasteiger partial charge < -0.3 is 9.84 Å². The number of hydrogen-bond donors (Lipinski definition) is 1. The second kappa shape index (κ2) is 6.69. The van der Waals surface area contributed by atoms with E-state index in [4.69, 9.17) is 4.74 Å². The maximum atomic E-state index is 11.3. The minimum atomic E-state index is -0.650. The number of hydrogen-bond acceptors (Lipinski definition) is 3. The summed E-state index contributed by atoms with van der Waals surface area (Å²) in [4.78, 5) is 13.8. The maximum Gasteiger partial charge on any atom is 0.306 e. The largest absolute Gasteiger partial charge is 0.481 e. The van der Waals surface area contributed by atoms with Crippen molar-refractivity contribution in [3.8, 4) is 0 Å². The maximum absolute atomic E-state index is 11.3. The highest BCUT2D eigenvalue weighted by Gasteiger charge is 2.44. The van der Waals surface area contributed by atoms with Crippen LogP contribution in [0.4, 0.5) is 0 Å². The van der Waals surface area contributed by atoms with Crippen molar-refractivity contribution in [3.05, 3.63) is 34.3 Å². The summed E-state index contributed by atoms with van der Waals surface area (Å²) in [6, 6.07) is 8.37. The fourth-order valence-electron chi connectivity index (χ4n) is 3.93. The van der Waals surface area contributed by atoms with Gasteiger partial charge in [-0.1, -0.05) is 34.1 Å². The van der Waals surface area contributed by atoms with Gasteiger partial charge in [0.15, 0.2) is 0 Å². The molecule has 0 unspecified atom stereocenters. The average molecular weight is 368 g/mol. The Labute approximate surface area is 139 Å². The average Bonchev–Trinajstić information content (AvgIpc) is 2.56. The Bertz CT molecular complexity index is 534. The van der Waals surface area contributed by atoms with Gasteiger partial charge in [0, 0.05) is 23.1 Å². The highest BCUT2D eigenvalue weighted by atomic mass is 79.9. The van der Waals surface area contributed by atoms with Crippen molar-refractivity contribution < 1.29 is 14.6 Å². The van der Waals surface area contributed by atoms with Crippen LogP contribution in [0.15, 0.2) is 28.7 Å². The number of morpholine rings is 1. The molecule has 0 bridgehead atoms. The third-order valence-corrected chi connectivity index (χ3v) is 5.85. The van der Waals surface area contributed by atoms with Crippen LogP contribution in [0.3, 0.4) is 0 Å². The molecule has 0 atom stereocenters. The fraction of sp³-hybridized carbons (Fsp3) is 0.588. The van der Waals surface area contributed by atoms with Crippen molar-refractivity contribution in [3.63, 3.8) is 0 Å². The highest BCUT2D eigenvalue weighted by Crippen LogP contribution is 2.46. The third-order valence-electron chi connectivity index (χ3n) is 5.15. The van der Waals surface area contributed by atoms with E-state index in [1.54, 1.807) is 0 Å². The number of aliphatic carboxylic acids is 1. The summed E-state index contributed by atoms with van der Waals surface area (Å²) < 4.78 is 6.63. The minimum absolute atomic E-state index is 0.0597. The summed E-state index contributed by atoms with van der Waals surface area (Å²) in [5, 5.41) is 9.30. The molecule has 2 aliphatic rings. The molecule has 0 radical (unpaired) electrons. The molecule has 2 fully saturated rings. The van der Waals surface area contributed by atoms with Gasteiger partial charge in [-0.05, 0) is 37.3 Å². The molecule has 0 amide bonds. The Morgan fingerprint density at radius 3 is 2.45 bits per heavy atom. The number of benzene rings is 1. The summed E-state index contributed by atoms with van der Waals surface area (Å²) in [6.07, 6.45) is 3.28. The first-order valence-corrected chi connectivity index (χ1v) is 8.73. The minimum Gasteiger partial charge on any atom is -0.481 e. The van der Waals surface area contributed by atoms with E-state index in [1.807, 2.05) is 6.07 Å². The number of rotatable bonds is 3. The van der Waals surface area contributed by atoms with Crippen LogP contribution < -0.4 is 0 Å². The third kappa shape index (κ3) is 2.94. The number of carboxylic acids is 1.